The number of aliphatic carboxylic acids is 1. The van der Waals surface area contributed by atoms with Gasteiger partial charge in [-0.2, -0.15) is 0 Å². The van der Waals surface area contributed by atoms with E-state index >= 15 is 0 Å². The van der Waals surface area contributed by atoms with E-state index < -0.39 is 11.9 Å². The molecule has 0 radical (unpaired) electrons. The summed E-state index contributed by atoms with van der Waals surface area (Å²) in [6.45, 7) is 4.08. The highest BCUT2D eigenvalue weighted by molar-refractivity contribution is 6.31. The van der Waals surface area contributed by atoms with Gasteiger partial charge in [-0.3, -0.25) is 9.59 Å². The molecule has 0 bridgehead atoms. The summed E-state index contributed by atoms with van der Waals surface area (Å²) in [5.74, 6) is -1.29. The van der Waals surface area contributed by atoms with Crippen molar-refractivity contribution in [3.8, 4) is 0 Å². The van der Waals surface area contributed by atoms with Crippen molar-refractivity contribution in [2.45, 2.75) is 45.1 Å². The van der Waals surface area contributed by atoms with Crippen LogP contribution in [-0.4, -0.2) is 23.0 Å². The summed E-state index contributed by atoms with van der Waals surface area (Å²) in [5.41, 5.74) is 1.47. The second-order valence-corrected chi connectivity index (χ2v) is 6.25. The Bertz CT molecular complexity index is 556. The number of hydrogen-bond acceptors (Lipinski definition) is 2. The van der Waals surface area contributed by atoms with E-state index in [1.807, 2.05) is 19.9 Å². The minimum Gasteiger partial charge on any atom is -0.481 e. The number of carboxylic acid groups (broad SMARTS) is 1. The smallest absolute Gasteiger partial charge is 0.308 e. The fourth-order valence-electron chi connectivity index (χ4n) is 2.82. The summed E-state index contributed by atoms with van der Waals surface area (Å²) >= 11 is 6.19. The maximum Gasteiger partial charge on any atom is 0.308 e. The highest BCUT2D eigenvalue weighted by atomic mass is 35.5. The lowest BCUT2D eigenvalue weighted by atomic mass is 10.0. The van der Waals surface area contributed by atoms with Gasteiger partial charge in [0.05, 0.1) is 5.92 Å². The lowest BCUT2D eigenvalue weighted by Gasteiger charge is -2.18. The van der Waals surface area contributed by atoms with E-state index in [0.29, 0.717) is 29.3 Å². The summed E-state index contributed by atoms with van der Waals surface area (Å²) in [6, 6.07) is 4.95. The van der Waals surface area contributed by atoms with E-state index in [-0.39, 0.29) is 11.9 Å². The summed E-state index contributed by atoms with van der Waals surface area (Å²) in [5, 5.41) is 12.5. The predicted molar refractivity (Wildman–Crippen MR) is 81.8 cm³/mol. The number of carbonyl (C=O) groups excluding carboxylic acids is 1. The molecule has 1 aliphatic rings. The van der Waals surface area contributed by atoms with Crippen molar-refractivity contribution in [1.29, 1.82) is 0 Å². The number of carbonyl (C=O) groups is 2. The first kappa shape index (κ1) is 15.8. The number of halogens is 1. The van der Waals surface area contributed by atoms with Crippen LogP contribution in [0.2, 0.25) is 5.02 Å². The van der Waals surface area contributed by atoms with Crippen molar-refractivity contribution in [3.05, 3.63) is 34.3 Å². The fraction of sp³-hybridized carbons (Fsp3) is 0.500. The minimum absolute atomic E-state index is 0.259. The molecule has 0 saturated heterocycles. The van der Waals surface area contributed by atoms with Crippen LogP contribution in [0.25, 0.3) is 0 Å². The largest absolute Gasteiger partial charge is 0.481 e. The Morgan fingerprint density at radius 3 is 2.62 bits per heavy atom. The Balaban J connectivity index is 2.10. The maximum atomic E-state index is 12.2. The number of nitrogens with one attached hydrogen (secondary N) is 1. The molecule has 1 fully saturated rings. The van der Waals surface area contributed by atoms with E-state index in [0.717, 1.165) is 12.0 Å². The van der Waals surface area contributed by atoms with Crippen LogP contribution < -0.4 is 5.32 Å². The lowest BCUT2D eigenvalue weighted by Crippen LogP contribution is -2.40. The number of amides is 1. The molecule has 1 aromatic rings. The van der Waals surface area contributed by atoms with Gasteiger partial charge in [-0.15, -0.1) is 0 Å². The first-order valence-electron chi connectivity index (χ1n) is 7.23. The van der Waals surface area contributed by atoms with Crippen LogP contribution in [0.3, 0.4) is 0 Å². The maximum absolute atomic E-state index is 12.2. The molecule has 5 heteroatoms. The van der Waals surface area contributed by atoms with Crippen LogP contribution >= 0.6 is 11.6 Å². The van der Waals surface area contributed by atoms with Crippen LogP contribution in [0.15, 0.2) is 18.2 Å². The lowest BCUT2D eigenvalue weighted by molar-refractivity contribution is -0.142. The monoisotopic (exact) mass is 309 g/mol. The van der Waals surface area contributed by atoms with Gasteiger partial charge in [0.2, 0.25) is 0 Å². The van der Waals surface area contributed by atoms with E-state index in [1.165, 1.54) is 0 Å². The topological polar surface area (TPSA) is 66.4 Å². The molecule has 4 nitrogen and oxygen atoms in total. The summed E-state index contributed by atoms with van der Waals surface area (Å²) in [7, 11) is 0. The first-order valence-corrected chi connectivity index (χ1v) is 7.61. The molecule has 0 aliphatic heterocycles. The Morgan fingerprint density at radius 1 is 1.33 bits per heavy atom. The summed E-state index contributed by atoms with van der Waals surface area (Å²) < 4.78 is 0. The van der Waals surface area contributed by atoms with Gasteiger partial charge in [0.15, 0.2) is 0 Å². The molecule has 1 aliphatic carbocycles. The van der Waals surface area contributed by atoms with Gasteiger partial charge in [0.1, 0.15) is 0 Å². The quantitative estimate of drug-likeness (QED) is 0.895. The van der Waals surface area contributed by atoms with Gasteiger partial charge < -0.3 is 10.4 Å². The average molecular weight is 310 g/mol. The van der Waals surface area contributed by atoms with Crippen molar-refractivity contribution < 1.29 is 14.7 Å². The van der Waals surface area contributed by atoms with Crippen molar-refractivity contribution in [1.82, 2.24) is 5.32 Å². The molecule has 2 atom stereocenters. The Morgan fingerprint density at radius 2 is 2.05 bits per heavy atom. The molecule has 0 unspecified atom stereocenters. The van der Waals surface area contributed by atoms with Crippen LogP contribution in [0.4, 0.5) is 0 Å². The zero-order chi connectivity index (χ0) is 15.6. The standard InChI is InChI=1S/C16H20ClNO3/c1-9(2)11-7-6-10(8-13(11)17)15(19)18-14-5-3-4-12(14)16(20)21/h6-9,12,14H,3-5H2,1-2H3,(H,18,19)(H,20,21)/t12-,14+/m0/s1. The van der Waals surface area contributed by atoms with Gasteiger partial charge in [0, 0.05) is 16.6 Å². The van der Waals surface area contributed by atoms with E-state index in [4.69, 9.17) is 16.7 Å². The Labute approximate surface area is 129 Å². The number of carboxylic acids is 1. The highest BCUT2D eigenvalue weighted by Crippen LogP contribution is 2.27. The fourth-order valence-corrected chi connectivity index (χ4v) is 3.22. The molecule has 0 aromatic heterocycles. The molecule has 1 saturated carbocycles. The predicted octanol–water partition coefficient (Wildman–Crippen LogP) is 3.45. The van der Waals surface area contributed by atoms with Gasteiger partial charge in [-0.05, 0) is 36.5 Å². The van der Waals surface area contributed by atoms with Crippen molar-refractivity contribution >= 4 is 23.5 Å². The van der Waals surface area contributed by atoms with Crippen molar-refractivity contribution in [2.75, 3.05) is 0 Å². The SMILES string of the molecule is CC(C)c1ccc(C(=O)N[C@@H]2CCC[C@@H]2C(=O)O)cc1Cl. The van der Waals surface area contributed by atoms with Crippen LogP contribution in [0, 0.1) is 5.92 Å². The molecule has 114 valence electrons. The molecule has 0 heterocycles. The molecular formula is C16H20ClNO3. The van der Waals surface area contributed by atoms with Crippen LogP contribution in [0.1, 0.15) is 54.9 Å². The Kier molecular flexibility index (Phi) is 4.88. The molecule has 1 amide bonds. The highest BCUT2D eigenvalue weighted by Gasteiger charge is 2.34. The van der Waals surface area contributed by atoms with Crippen LogP contribution in [0.5, 0.6) is 0 Å². The number of hydrogen-bond donors (Lipinski definition) is 2. The van der Waals surface area contributed by atoms with Gasteiger partial charge in [-0.25, -0.2) is 0 Å². The average Bonchev–Trinajstić information content (AvgIpc) is 2.86. The van der Waals surface area contributed by atoms with Gasteiger partial charge in [-0.1, -0.05) is 37.9 Å². The zero-order valence-electron chi connectivity index (χ0n) is 12.2. The summed E-state index contributed by atoms with van der Waals surface area (Å²) in [6.07, 6.45) is 2.16. The van der Waals surface area contributed by atoms with Gasteiger partial charge in [0.25, 0.3) is 5.91 Å². The third kappa shape index (κ3) is 3.56. The molecular weight excluding hydrogens is 290 g/mol. The molecule has 2 N–H and O–H groups in total. The van der Waals surface area contributed by atoms with Crippen LogP contribution in [-0.2, 0) is 4.79 Å². The van der Waals surface area contributed by atoms with E-state index in [1.54, 1.807) is 12.1 Å². The molecule has 0 spiro atoms. The number of benzene rings is 1. The zero-order valence-corrected chi connectivity index (χ0v) is 13.0. The van der Waals surface area contributed by atoms with E-state index in [2.05, 4.69) is 5.32 Å². The first-order chi connectivity index (χ1) is 9.90. The molecule has 21 heavy (non-hydrogen) atoms. The van der Waals surface area contributed by atoms with Crippen molar-refractivity contribution in [3.63, 3.8) is 0 Å². The molecule has 2 rings (SSSR count). The third-order valence-electron chi connectivity index (χ3n) is 4.03. The third-order valence-corrected chi connectivity index (χ3v) is 4.36. The number of rotatable bonds is 4. The Hall–Kier alpha value is -1.55. The second kappa shape index (κ2) is 6.48. The minimum atomic E-state index is -0.842. The molecule has 1 aromatic carbocycles. The normalized spacial score (nSPS) is 21.5. The van der Waals surface area contributed by atoms with E-state index in [9.17, 15) is 9.59 Å². The second-order valence-electron chi connectivity index (χ2n) is 5.85. The van der Waals surface area contributed by atoms with Crippen molar-refractivity contribution in [2.24, 2.45) is 5.92 Å². The summed E-state index contributed by atoms with van der Waals surface area (Å²) in [4.78, 5) is 23.4. The van der Waals surface area contributed by atoms with Gasteiger partial charge >= 0.3 is 5.97 Å².